The maximum atomic E-state index is 13.2. The van der Waals surface area contributed by atoms with E-state index in [0.717, 1.165) is 11.1 Å². The average molecular weight is 500 g/mol. The number of pyridine rings is 2. The molecule has 0 atom stereocenters. The zero-order valence-corrected chi connectivity index (χ0v) is 20.8. The molecule has 0 aliphatic heterocycles. The highest BCUT2D eigenvalue weighted by molar-refractivity contribution is 7.34. The van der Waals surface area contributed by atoms with E-state index in [4.69, 9.17) is 18.5 Å². The van der Waals surface area contributed by atoms with Crippen molar-refractivity contribution in [3.8, 4) is 11.5 Å². The van der Waals surface area contributed by atoms with Gasteiger partial charge in [0.1, 0.15) is 23.0 Å². The van der Waals surface area contributed by atoms with Crippen molar-refractivity contribution in [3.63, 3.8) is 0 Å². The van der Waals surface area contributed by atoms with Crippen LogP contribution in [0.4, 0.5) is 0 Å². The molecule has 2 aromatic carbocycles. The molecule has 0 amide bonds. The Balaban J connectivity index is 1.65. The number of hydrogen-bond acceptors (Lipinski definition) is 7. The predicted octanol–water partition coefficient (Wildman–Crippen LogP) is 6.61. The summed E-state index contributed by atoms with van der Waals surface area (Å²) in [6, 6.07) is 22.1. The van der Waals surface area contributed by atoms with Crippen molar-refractivity contribution in [2.75, 3.05) is 14.2 Å². The van der Waals surface area contributed by atoms with Crippen LogP contribution in [-0.2, 0) is 13.6 Å². The number of nitrogens with zero attached hydrogens (tertiary/aromatic N) is 2. The van der Waals surface area contributed by atoms with Gasteiger partial charge in [-0.05, 0) is 71.8 Å². The average Bonchev–Trinajstić information content (AvgIpc) is 2.93. The summed E-state index contributed by atoms with van der Waals surface area (Å²) in [6.07, 6.45) is 10.1. The second-order valence-electron chi connectivity index (χ2n) is 7.51. The minimum atomic E-state index is -3.05. The molecule has 7 nitrogen and oxygen atoms in total. The van der Waals surface area contributed by atoms with E-state index in [-0.39, 0.29) is 0 Å². The first-order valence-electron chi connectivity index (χ1n) is 11.1. The Labute approximate surface area is 210 Å². The van der Waals surface area contributed by atoms with Crippen molar-refractivity contribution >= 4 is 31.9 Å². The highest BCUT2D eigenvalue weighted by atomic mass is 31.1. The molecule has 182 valence electrons. The highest BCUT2D eigenvalue weighted by Crippen LogP contribution is 2.39. The summed E-state index contributed by atoms with van der Waals surface area (Å²) in [6.45, 7) is 0. The molecule has 4 rings (SSSR count). The van der Waals surface area contributed by atoms with Gasteiger partial charge in [-0.25, -0.2) is 4.57 Å². The molecule has 8 heteroatoms. The van der Waals surface area contributed by atoms with Crippen LogP contribution < -0.4 is 9.47 Å². The Morgan fingerprint density at radius 2 is 1.17 bits per heavy atom. The summed E-state index contributed by atoms with van der Waals surface area (Å²) in [5, 5.41) is 0. The fourth-order valence-corrected chi connectivity index (χ4v) is 4.08. The molecule has 36 heavy (non-hydrogen) atoms. The lowest BCUT2D eigenvalue weighted by molar-refractivity contribution is 0.384. The van der Waals surface area contributed by atoms with Gasteiger partial charge in [-0.2, -0.15) is 0 Å². The molecule has 0 radical (unpaired) electrons. The molecule has 0 N–H and O–H groups in total. The highest BCUT2D eigenvalue weighted by Gasteiger charge is 2.14. The zero-order valence-electron chi connectivity index (χ0n) is 19.8. The molecule has 0 saturated carbocycles. The monoisotopic (exact) mass is 500 g/mol. The van der Waals surface area contributed by atoms with Gasteiger partial charge in [0.05, 0.1) is 14.2 Å². The van der Waals surface area contributed by atoms with Gasteiger partial charge in [-0.1, -0.05) is 24.3 Å². The Morgan fingerprint density at radius 3 is 1.56 bits per heavy atom. The van der Waals surface area contributed by atoms with E-state index in [1.54, 1.807) is 63.3 Å². The number of methoxy groups -OCH3 is 2. The SMILES string of the molecule is COc1cccc(C=C(O[PH](=O)OC(=Cc2cccc(OC)c2)c2cccnc2)c2cccnc2)c1. The Kier molecular flexibility index (Phi) is 8.52. The topological polar surface area (TPSA) is 79.8 Å². The number of hydrogen-bond donors (Lipinski definition) is 0. The third-order valence-electron chi connectivity index (χ3n) is 5.06. The first-order chi connectivity index (χ1) is 17.6. The van der Waals surface area contributed by atoms with Crippen LogP contribution in [0.1, 0.15) is 22.3 Å². The molecule has 0 bridgehead atoms. The number of aromatic nitrogens is 2. The molecule has 0 aliphatic carbocycles. The number of ether oxygens (including phenoxy) is 2. The number of benzene rings is 2. The van der Waals surface area contributed by atoms with E-state index in [1.165, 1.54) is 0 Å². The van der Waals surface area contributed by atoms with Crippen molar-refractivity contribution in [3.05, 3.63) is 120 Å². The van der Waals surface area contributed by atoms with Crippen molar-refractivity contribution < 1.29 is 23.1 Å². The van der Waals surface area contributed by atoms with Crippen LogP contribution in [0, 0.1) is 0 Å². The minimum Gasteiger partial charge on any atom is -0.497 e. The van der Waals surface area contributed by atoms with E-state index in [9.17, 15) is 4.57 Å². The maximum Gasteiger partial charge on any atom is 0.419 e. The lowest BCUT2D eigenvalue weighted by Gasteiger charge is -2.14. The molecule has 0 fully saturated rings. The molecule has 4 aromatic rings. The number of rotatable bonds is 10. The van der Waals surface area contributed by atoms with Gasteiger partial charge in [0, 0.05) is 35.9 Å². The summed E-state index contributed by atoms with van der Waals surface area (Å²) >= 11 is 0. The van der Waals surface area contributed by atoms with Crippen molar-refractivity contribution in [2.45, 2.75) is 0 Å². The van der Waals surface area contributed by atoms with Gasteiger partial charge in [-0.15, -0.1) is 0 Å². The van der Waals surface area contributed by atoms with Crippen LogP contribution in [-0.4, -0.2) is 24.2 Å². The van der Waals surface area contributed by atoms with Gasteiger partial charge in [0.2, 0.25) is 0 Å². The van der Waals surface area contributed by atoms with Crippen LogP contribution in [0.3, 0.4) is 0 Å². The first kappa shape index (κ1) is 24.8. The molecular formula is C28H25N2O5P. The summed E-state index contributed by atoms with van der Waals surface area (Å²) in [5.41, 5.74) is 2.92. The molecule has 0 aliphatic rings. The van der Waals surface area contributed by atoms with Crippen molar-refractivity contribution in [1.29, 1.82) is 0 Å². The normalized spacial score (nSPS) is 12.5. The fourth-order valence-electron chi connectivity index (χ4n) is 3.33. The van der Waals surface area contributed by atoms with E-state index < -0.39 is 8.25 Å². The van der Waals surface area contributed by atoms with E-state index in [2.05, 4.69) is 9.97 Å². The second-order valence-corrected chi connectivity index (χ2v) is 8.42. The fraction of sp³-hybridized carbons (Fsp3) is 0.0714. The van der Waals surface area contributed by atoms with Crippen LogP contribution in [0.25, 0.3) is 23.7 Å². The third kappa shape index (κ3) is 6.84. The predicted molar refractivity (Wildman–Crippen MR) is 141 cm³/mol. The molecule has 2 heterocycles. The van der Waals surface area contributed by atoms with Gasteiger partial charge >= 0.3 is 8.25 Å². The zero-order chi connectivity index (χ0) is 25.2. The van der Waals surface area contributed by atoms with E-state index >= 15 is 0 Å². The quantitative estimate of drug-likeness (QED) is 0.179. The third-order valence-corrected chi connectivity index (χ3v) is 5.83. The standard InChI is InChI=1S/C28H25N2O5P/c1-32-25-11-3-7-21(15-25)17-27(23-9-5-13-29-19-23)34-36(31)35-28(24-10-6-14-30-20-24)18-22-8-4-12-26(16-22)33-2/h3-20,36H,1-2H3. The van der Waals surface area contributed by atoms with Gasteiger partial charge in [0.25, 0.3) is 0 Å². The molecular weight excluding hydrogens is 475 g/mol. The smallest absolute Gasteiger partial charge is 0.419 e. The Bertz CT molecular complexity index is 1270. The van der Waals surface area contributed by atoms with E-state index in [0.29, 0.717) is 34.1 Å². The lowest BCUT2D eigenvalue weighted by Crippen LogP contribution is -1.92. The summed E-state index contributed by atoms with van der Waals surface area (Å²) in [4.78, 5) is 8.32. The lowest BCUT2D eigenvalue weighted by atomic mass is 10.1. The van der Waals surface area contributed by atoms with Crippen molar-refractivity contribution in [1.82, 2.24) is 9.97 Å². The van der Waals surface area contributed by atoms with Crippen LogP contribution >= 0.6 is 8.25 Å². The van der Waals surface area contributed by atoms with Crippen LogP contribution in [0.2, 0.25) is 0 Å². The Hall–Kier alpha value is -4.35. The minimum absolute atomic E-state index is 0.354. The molecule has 0 saturated heterocycles. The first-order valence-corrected chi connectivity index (χ1v) is 12.3. The largest absolute Gasteiger partial charge is 0.497 e. The molecule has 0 spiro atoms. The summed E-state index contributed by atoms with van der Waals surface area (Å²) < 4.78 is 35.6. The van der Waals surface area contributed by atoms with Gasteiger partial charge in [-0.3, -0.25) is 9.97 Å². The van der Waals surface area contributed by atoms with E-state index in [1.807, 2.05) is 60.7 Å². The van der Waals surface area contributed by atoms with Crippen molar-refractivity contribution in [2.24, 2.45) is 0 Å². The van der Waals surface area contributed by atoms with Crippen LogP contribution in [0.15, 0.2) is 97.6 Å². The second kappa shape index (κ2) is 12.4. The molecule has 2 aromatic heterocycles. The van der Waals surface area contributed by atoms with Gasteiger partial charge in [0.15, 0.2) is 0 Å². The maximum absolute atomic E-state index is 13.2. The summed E-state index contributed by atoms with van der Waals surface area (Å²) in [7, 11) is 0.145. The Morgan fingerprint density at radius 1 is 0.694 bits per heavy atom. The summed E-state index contributed by atoms with van der Waals surface area (Å²) in [5.74, 6) is 2.09. The molecule has 0 unspecified atom stereocenters. The van der Waals surface area contributed by atoms with Crippen LogP contribution in [0.5, 0.6) is 11.5 Å². The van der Waals surface area contributed by atoms with Gasteiger partial charge < -0.3 is 18.5 Å².